The lowest BCUT2D eigenvalue weighted by atomic mass is 10.1. The van der Waals surface area contributed by atoms with Crippen LogP contribution in [-0.4, -0.2) is 43.6 Å². The van der Waals surface area contributed by atoms with Crippen LogP contribution < -0.4 is 10.1 Å². The topological polar surface area (TPSA) is 47.6 Å². The zero-order chi connectivity index (χ0) is 14.1. The summed E-state index contributed by atoms with van der Waals surface area (Å²) in [6, 6.07) is 7.94. The maximum atomic E-state index is 12.0. The second-order valence-corrected chi connectivity index (χ2v) is 5.90. The van der Waals surface area contributed by atoms with Crippen molar-refractivity contribution in [1.82, 2.24) is 5.32 Å². The van der Waals surface area contributed by atoms with Crippen LogP contribution in [0.2, 0.25) is 0 Å². The van der Waals surface area contributed by atoms with Crippen molar-refractivity contribution in [3.63, 3.8) is 0 Å². The first-order chi connectivity index (χ1) is 9.21. The second kappa shape index (κ2) is 9.07. The molecule has 2 unspecified atom stereocenters. The molecule has 0 saturated carbocycles. The molecule has 0 fully saturated rings. The normalized spacial score (nSPS) is 14.1. The molecule has 0 aromatic heterocycles. The fraction of sp³-hybridized carbons (Fsp3) is 0.571. The van der Waals surface area contributed by atoms with Gasteiger partial charge in [-0.15, -0.1) is 0 Å². The number of hydrogen-bond acceptors (Lipinski definition) is 4. The van der Waals surface area contributed by atoms with Crippen LogP contribution in [0.25, 0.3) is 0 Å². The van der Waals surface area contributed by atoms with Gasteiger partial charge in [-0.2, -0.15) is 0 Å². The summed E-state index contributed by atoms with van der Waals surface area (Å²) in [4.78, 5) is 0. The van der Waals surface area contributed by atoms with Gasteiger partial charge in [0.15, 0.2) is 0 Å². The lowest BCUT2D eigenvalue weighted by Gasteiger charge is -2.17. The highest BCUT2D eigenvalue weighted by molar-refractivity contribution is 7.85. The highest BCUT2D eigenvalue weighted by Crippen LogP contribution is 2.19. The number of rotatable bonds is 9. The molecule has 1 N–H and O–H groups in total. The number of nitrogens with one attached hydrogen (secondary N) is 1. The summed E-state index contributed by atoms with van der Waals surface area (Å²) in [5, 5.41) is 3.21. The molecule has 2 atom stereocenters. The molecule has 0 bridgehead atoms. The van der Waals surface area contributed by atoms with Gasteiger partial charge in [-0.25, -0.2) is 0 Å². The molecule has 0 amide bonds. The van der Waals surface area contributed by atoms with E-state index in [9.17, 15) is 4.21 Å². The van der Waals surface area contributed by atoms with E-state index < -0.39 is 10.8 Å². The Morgan fingerprint density at radius 3 is 2.79 bits per heavy atom. The van der Waals surface area contributed by atoms with Gasteiger partial charge in [0.25, 0.3) is 0 Å². The highest BCUT2D eigenvalue weighted by Gasteiger charge is 2.13. The Bertz CT molecular complexity index is 398. The van der Waals surface area contributed by atoms with Crippen molar-refractivity contribution in [3.05, 3.63) is 29.8 Å². The van der Waals surface area contributed by atoms with E-state index in [4.69, 9.17) is 9.47 Å². The summed E-state index contributed by atoms with van der Waals surface area (Å²) in [5.41, 5.74) is 1.10. The monoisotopic (exact) mass is 285 g/mol. The van der Waals surface area contributed by atoms with Gasteiger partial charge >= 0.3 is 0 Å². The van der Waals surface area contributed by atoms with Crippen LogP contribution in [0, 0.1) is 0 Å². The molecule has 1 aromatic carbocycles. The highest BCUT2D eigenvalue weighted by atomic mass is 32.2. The summed E-state index contributed by atoms with van der Waals surface area (Å²) < 4.78 is 22.2. The van der Waals surface area contributed by atoms with Crippen LogP contribution in [0.1, 0.15) is 18.0 Å². The Kier molecular flexibility index (Phi) is 7.70. The molecule has 1 rings (SSSR count). The number of methoxy groups -OCH3 is 2. The lowest BCUT2D eigenvalue weighted by Crippen LogP contribution is -2.23. The van der Waals surface area contributed by atoms with E-state index in [1.807, 2.05) is 31.3 Å². The van der Waals surface area contributed by atoms with Gasteiger partial charge in [0, 0.05) is 42.1 Å². The summed E-state index contributed by atoms with van der Waals surface area (Å²) >= 11 is 0. The molecule has 0 heterocycles. The van der Waals surface area contributed by atoms with Crippen molar-refractivity contribution in [3.8, 4) is 5.75 Å². The predicted octanol–water partition coefficient (Wildman–Crippen LogP) is 1.74. The predicted molar refractivity (Wildman–Crippen MR) is 79.2 cm³/mol. The Morgan fingerprint density at radius 1 is 1.37 bits per heavy atom. The van der Waals surface area contributed by atoms with Crippen molar-refractivity contribution in [1.29, 1.82) is 0 Å². The molecule has 19 heavy (non-hydrogen) atoms. The molecule has 0 spiro atoms. The van der Waals surface area contributed by atoms with Crippen molar-refractivity contribution >= 4 is 10.8 Å². The first kappa shape index (κ1) is 16.1. The number of benzene rings is 1. The molecule has 1 aromatic rings. The zero-order valence-electron chi connectivity index (χ0n) is 11.8. The molecular formula is C14H23NO3S. The molecule has 0 aliphatic rings. The fourth-order valence-corrected chi connectivity index (χ4v) is 3.18. The lowest BCUT2D eigenvalue weighted by molar-refractivity contribution is 0.200. The average Bonchev–Trinajstić information content (AvgIpc) is 2.45. The first-order valence-corrected chi connectivity index (χ1v) is 7.85. The van der Waals surface area contributed by atoms with Crippen LogP contribution in [0.15, 0.2) is 24.3 Å². The Labute approximate surface area is 118 Å². The van der Waals surface area contributed by atoms with Crippen LogP contribution in [0.3, 0.4) is 0 Å². The van der Waals surface area contributed by atoms with Gasteiger partial charge in [0.05, 0.1) is 7.11 Å². The Balaban J connectivity index is 2.59. The summed E-state index contributed by atoms with van der Waals surface area (Å²) in [6.07, 6.45) is 0.831. The minimum atomic E-state index is -0.844. The smallest absolute Gasteiger partial charge is 0.119 e. The first-order valence-electron chi connectivity index (χ1n) is 6.36. The molecule has 108 valence electrons. The fourth-order valence-electron chi connectivity index (χ4n) is 1.84. The number of ether oxygens (including phenoxy) is 2. The minimum absolute atomic E-state index is 0.0819. The Hall–Kier alpha value is -0.910. The van der Waals surface area contributed by atoms with Gasteiger partial charge in [0.2, 0.25) is 0 Å². The van der Waals surface area contributed by atoms with E-state index in [0.717, 1.165) is 17.7 Å². The van der Waals surface area contributed by atoms with Crippen molar-refractivity contribution in [2.24, 2.45) is 0 Å². The maximum absolute atomic E-state index is 12.0. The SMILES string of the molecule is CNC(CS(=O)CCCOC)c1cccc(OC)c1. The van der Waals surface area contributed by atoms with Crippen LogP contribution in [-0.2, 0) is 15.5 Å². The molecule has 0 aliphatic carbocycles. The van der Waals surface area contributed by atoms with Crippen molar-refractivity contribution in [2.45, 2.75) is 12.5 Å². The third-order valence-corrected chi connectivity index (χ3v) is 4.37. The maximum Gasteiger partial charge on any atom is 0.119 e. The quantitative estimate of drug-likeness (QED) is 0.702. The van der Waals surface area contributed by atoms with Gasteiger partial charge in [-0.3, -0.25) is 4.21 Å². The van der Waals surface area contributed by atoms with Crippen LogP contribution in [0.5, 0.6) is 5.75 Å². The molecular weight excluding hydrogens is 262 g/mol. The minimum Gasteiger partial charge on any atom is -0.497 e. The second-order valence-electron chi connectivity index (χ2n) is 4.27. The molecule has 0 saturated heterocycles. The van der Waals surface area contributed by atoms with E-state index >= 15 is 0 Å². The van der Waals surface area contributed by atoms with E-state index in [-0.39, 0.29) is 6.04 Å². The van der Waals surface area contributed by atoms with E-state index in [1.54, 1.807) is 14.2 Å². The number of hydrogen-bond donors (Lipinski definition) is 1. The summed E-state index contributed by atoms with van der Waals surface area (Å²) in [7, 11) is 4.35. The van der Waals surface area contributed by atoms with Gasteiger partial charge in [-0.1, -0.05) is 12.1 Å². The van der Waals surface area contributed by atoms with Crippen LogP contribution >= 0.6 is 0 Å². The van der Waals surface area contributed by atoms with Gasteiger partial charge in [0.1, 0.15) is 5.75 Å². The molecule has 0 radical (unpaired) electrons. The van der Waals surface area contributed by atoms with E-state index in [1.165, 1.54) is 0 Å². The molecule has 0 aliphatic heterocycles. The summed E-state index contributed by atoms with van der Waals surface area (Å²) in [5.74, 6) is 2.10. The molecule has 5 heteroatoms. The largest absolute Gasteiger partial charge is 0.497 e. The zero-order valence-corrected chi connectivity index (χ0v) is 12.7. The van der Waals surface area contributed by atoms with Gasteiger partial charge in [-0.05, 0) is 31.2 Å². The van der Waals surface area contributed by atoms with Gasteiger partial charge < -0.3 is 14.8 Å². The average molecular weight is 285 g/mol. The van der Waals surface area contributed by atoms with Crippen molar-refractivity contribution in [2.75, 3.05) is 39.4 Å². The Morgan fingerprint density at radius 2 is 2.16 bits per heavy atom. The molecule has 4 nitrogen and oxygen atoms in total. The third kappa shape index (κ3) is 5.72. The van der Waals surface area contributed by atoms with Crippen molar-refractivity contribution < 1.29 is 13.7 Å². The van der Waals surface area contributed by atoms with E-state index in [2.05, 4.69) is 5.32 Å². The summed E-state index contributed by atoms with van der Waals surface area (Å²) in [6.45, 7) is 0.662. The standard InChI is InChI=1S/C14H23NO3S/c1-15-14(11-19(16)9-5-8-17-2)12-6-4-7-13(10-12)18-3/h4,6-7,10,14-15H,5,8-9,11H2,1-3H3. The van der Waals surface area contributed by atoms with Crippen LogP contribution in [0.4, 0.5) is 0 Å². The third-order valence-electron chi connectivity index (χ3n) is 2.92. The van der Waals surface area contributed by atoms with E-state index in [0.29, 0.717) is 18.1 Å².